The SMILES string of the molecule is CCCCCCCCCCCCSC(CCCCCCC)C(C)OCCCOP(=O)(O)OCC([CH2][Na])OCn1cnc2c(=O)[nH]c(N)nc21. The topological polar surface area (TPSA) is 164 Å². The van der Waals surface area contributed by atoms with Crippen LogP contribution in [0, 0.1) is 0 Å². The molecule has 2 aromatic heterocycles. The number of rotatable bonds is 32. The number of nitrogen functional groups attached to an aromatic ring is 1. The van der Waals surface area contributed by atoms with E-state index in [1.165, 1.54) is 108 Å². The number of phosphoric ester groups is 1. The predicted molar refractivity (Wildman–Crippen MR) is 201 cm³/mol. The summed E-state index contributed by atoms with van der Waals surface area (Å²) in [6, 6.07) is 0. The van der Waals surface area contributed by atoms with Gasteiger partial charge in [0.05, 0.1) is 0 Å². The van der Waals surface area contributed by atoms with Gasteiger partial charge in [-0.3, -0.25) is 0 Å². The van der Waals surface area contributed by atoms with E-state index < -0.39 is 19.5 Å². The van der Waals surface area contributed by atoms with E-state index in [1.54, 1.807) is 4.57 Å². The van der Waals surface area contributed by atoms with Gasteiger partial charge in [-0.2, -0.15) is 11.8 Å². The maximum atomic E-state index is 12.5. The molecule has 4 atom stereocenters. The molecule has 2 heterocycles. The molecule has 0 aliphatic carbocycles. The Kier molecular flexibility index (Phi) is 24.8. The van der Waals surface area contributed by atoms with Crippen LogP contribution in [0.2, 0.25) is 3.67 Å². The number of aromatic amines is 1. The van der Waals surface area contributed by atoms with Crippen molar-refractivity contribution in [2.75, 3.05) is 31.3 Å². The van der Waals surface area contributed by atoms with Crippen LogP contribution in [-0.2, 0) is 29.8 Å². The Hall–Kier alpha value is -0.470. The van der Waals surface area contributed by atoms with Gasteiger partial charge in [0, 0.05) is 0 Å². The number of imidazole rings is 1. The zero-order chi connectivity index (χ0) is 35.7. The van der Waals surface area contributed by atoms with Gasteiger partial charge in [-0.1, -0.05) is 104 Å². The van der Waals surface area contributed by atoms with Gasteiger partial charge in [0.15, 0.2) is 0 Å². The fourth-order valence-corrected chi connectivity index (χ4v) is 8.21. The number of nitrogens with one attached hydrogen (secondary N) is 1. The number of H-pyrrole nitrogens is 1. The number of nitrogens with zero attached hydrogens (tertiary/aromatic N) is 3. The Morgan fingerprint density at radius 1 is 0.939 bits per heavy atom. The van der Waals surface area contributed by atoms with Crippen molar-refractivity contribution >= 4 is 64.6 Å². The predicted octanol–water partition coefficient (Wildman–Crippen LogP) is 7.94. The molecule has 0 amide bonds. The number of hydrogen-bond donors (Lipinski definition) is 3. The molecule has 0 fully saturated rings. The molecule has 4 N–H and O–H groups in total. The van der Waals surface area contributed by atoms with Crippen molar-refractivity contribution in [2.45, 2.75) is 158 Å². The maximum absolute atomic E-state index is 12.5. The molecule has 278 valence electrons. The average molecular weight is 740 g/mol. The van der Waals surface area contributed by atoms with Crippen LogP contribution >= 0.6 is 19.6 Å². The summed E-state index contributed by atoms with van der Waals surface area (Å²) in [5, 5.41) is 0.456. The van der Waals surface area contributed by atoms with E-state index in [9.17, 15) is 14.3 Å². The molecule has 0 spiro atoms. The fourth-order valence-electron chi connectivity index (χ4n) is 5.59. The van der Waals surface area contributed by atoms with Gasteiger partial charge in [-0.15, -0.1) is 0 Å². The standard InChI is InChI=1S/C34H63N5O7PS.Na/c1-5-7-9-11-12-13-14-15-17-19-24-48-30(21-18-16-10-8-6-2)29(4)43-22-20-23-45-47(41,42)46-25-28(3)44-27-39-26-36-31-32(39)37-34(35)38-33(31)40;/h26,28-30H,3,5-25,27H2,1-2,4H3,(H,41,42)(H3,35,37,38,40);. The van der Waals surface area contributed by atoms with Crippen molar-refractivity contribution in [1.82, 2.24) is 19.5 Å². The second kappa shape index (κ2) is 27.2. The number of thioether (sulfide) groups is 1. The Balaban J connectivity index is 1.66. The summed E-state index contributed by atoms with van der Waals surface area (Å²) in [6.45, 7) is 7.12. The van der Waals surface area contributed by atoms with Crippen molar-refractivity contribution in [3.63, 3.8) is 0 Å². The molecule has 0 aliphatic heterocycles. The zero-order valence-electron chi connectivity index (χ0n) is 30.7. The fraction of sp³-hybridized carbons (Fsp3) is 0.853. The Bertz CT molecular complexity index is 1240. The molecule has 0 aliphatic rings. The van der Waals surface area contributed by atoms with Crippen LogP contribution in [0.3, 0.4) is 0 Å². The molecule has 0 radical (unpaired) electrons. The van der Waals surface area contributed by atoms with Crippen LogP contribution in [-0.4, -0.2) is 95.4 Å². The van der Waals surface area contributed by atoms with Gasteiger partial charge < -0.3 is 0 Å². The van der Waals surface area contributed by atoms with Crippen molar-refractivity contribution in [3.8, 4) is 0 Å². The minimum atomic E-state index is -4.26. The van der Waals surface area contributed by atoms with Crippen molar-refractivity contribution in [2.24, 2.45) is 0 Å². The summed E-state index contributed by atoms with van der Waals surface area (Å²) in [5.74, 6) is 1.16. The van der Waals surface area contributed by atoms with Gasteiger partial charge in [0.1, 0.15) is 0 Å². The van der Waals surface area contributed by atoms with Gasteiger partial charge >= 0.3 is 184 Å². The number of anilines is 1. The summed E-state index contributed by atoms with van der Waals surface area (Å²) in [6.07, 6.45) is 22.6. The second-order valence-corrected chi connectivity index (χ2v) is 16.6. The number of phosphoric acid groups is 1. The molecule has 0 saturated carbocycles. The van der Waals surface area contributed by atoms with Gasteiger partial charge in [-0.05, 0) is 18.6 Å². The number of unbranched alkanes of at least 4 members (excludes halogenated alkanes) is 13. The molecule has 12 nitrogen and oxygen atoms in total. The second-order valence-electron chi connectivity index (χ2n) is 13.0. The first-order chi connectivity index (χ1) is 23.7. The number of fused-ring (bicyclic) bond motifs is 1. The Labute approximate surface area is 316 Å². The molecule has 2 rings (SSSR count). The van der Waals surface area contributed by atoms with E-state index in [0.717, 1.165) is 34.4 Å². The molecule has 0 saturated heterocycles. The van der Waals surface area contributed by atoms with Crippen LogP contribution in [0.15, 0.2) is 11.1 Å². The van der Waals surface area contributed by atoms with Gasteiger partial charge in [0.25, 0.3) is 0 Å². The molecular formula is C34H63N5NaO7PS. The quantitative estimate of drug-likeness (QED) is 0.0379. The molecule has 15 heteroatoms. The summed E-state index contributed by atoms with van der Waals surface area (Å²) in [4.78, 5) is 32.8. The van der Waals surface area contributed by atoms with Crippen LogP contribution in [0.1, 0.15) is 130 Å². The van der Waals surface area contributed by atoms with Crippen LogP contribution in [0.5, 0.6) is 0 Å². The molecule has 49 heavy (non-hydrogen) atoms. The van der Waals surface area contributed by atoms with Crippen molar-refractivity contribution in [1.29, 1.82) is 0 Å². The number of ether oxygens (including phenoxy) is 2. The summed E-state index contributed by atoms with van der Waals surface area (Å²) in [7, 11) is -4.26. The van der Waals surface area contributed by atoms with E-state index in [4.69, 9.17) is 24.3 Å². The molecular weight excluding hydrogens is 676 g/mol. The van der Waals surface area contributed by atoms with E-state index >= 15 is 0 Å². The first-order valence-corrected chi connectivity index (χ1v) is 22.8. The number of nitrogens with two attached hydrogens (primary N) is 1. The number of aromatic nitrogens is 4. The molecule has 4 unspecified atom stereocenters. The van der Waals surface area contributed by atoms with Crippen LogP contribution in [0.25, 0.3) is 11.2 Å². The van der Waals surface area contributed by atoms with E-state index in [1.807, 2.05) is 0 Å². The van der Waals surface area contributed by atoms with Gasteiger partial charge in [-0.25, -0.2) is 0 Å². The van der Waals surface area contributed by atoms with Gasteiger partial charge in [0.2, 0.25) is 0 Å². The van der Waals surface area contributed by atoms with E-state index in [-0.39, 0.29) is 37.5 Å². The first-order valence-electron chi connectivity index (χ1n) is 18.9. The monoisotopic (exact) mass is 739 g/mol. The first kappa shape index (κ1) is 44.7. The summed E-state index contributed by atoms with van der Waals surface area (Å²) in [5.41, 5.74) is 5.68. The van der Waals surface area contributed by atoms with Crippen LogP contribution in [0.4, 0.5) is 5.95 Å². The normalized spacial score (nSPS) is 15.1. The van der Waals surface area contributed by atoms with Crippen molar-refractivity contribution < 1.29 is 28.0 Å². The molecule has 2 aromatic rings. The van der Waals surface area contributed by atoms with E-state index in [0.29, 0.717) is 27.6 Å². The van der Waals surface area contributed by atoms with E-state index in [2.05, 4.69) is 47.5 Å². The molecule has 0 aromatic carbocycles. The molecule has 0 bridgehead atoms. The summed E-state index contributed by atoms with van der Waals surface area (Å²) < 4.78 is 37.3. The summed E-state index contributed by atoms with van der Waals surface area (Å²) >= 11 is 2.84. The third kappa shape index (κ3) is 19.8. The Morgan fingerprint density at radius 3 is 2.22 bits per heavy atom. The van der Waals surface area contributed by atoms with Crippen LogP contribution < -0.4 is 11.3 Å². The van der Waals surface area contributed by atoms with Crippen molar-refractivity contribution in [3.05, 3.63) is 16.7 Å². The Morgan fingerprint density at radius 2 is 1.57 bits per heavy atom. The zero-order valence-corrected chi connectivity index (χ0v) is 34.5. The third-order valence-electron chi connectivity index (χ3n) is 8.69. The minimum absolute atomic E-state index is 0.0173. The average Bonchev–Trinajstić information content (AvgIpc) is 3.48. The third-order valence-corrected chi connectivity index (χ3v) is 12.2. The number of hydrogen-bond acceptors (Lipinski definition) is 10.